The molecule has 88 valence electrons. The minimum Gasteiger partial charge on any atom is -0.480 e. The molecule has 0 heterocycles. The number of carbonyl (C=O) groups is 2. The number of amides is 2. The van der Waals surface area contributed by atoms with E-state index in [1.165, 1.54) is 0 Å². The lowest BCUT2D eigenvalue weighted by molar-refractivity contribution is -0.139. The Labute approximate surface area is 94.6 Å². The molecule has 0 aliphatic heterocycles. The van der Waals surface area contributed by atoms with Crippen molar-refractivity contribution in [2.75, 3.05) is 6.54 Å². The molecule has 1 saturated carbocycles. The minimum absolute atomic E-state index is 0.0916. The molecule has 1 aliphatic rings. The fraction of sp³-hybridized carbons (Fsp3) is 0.636. The first-order valence-electron chi connectivity index (χ1n) is 5.35. The Morgan fingerprint density at radius 1 is 1.50 bits per heavy atom. The molecular weight excluding hydrogens is 208 g/mol. The highest BCUT2D eigenvalue weighted by molar-refractivity contribution is 5.83. The number of carboxylic acids is 1. The predicted octanol–water partition coefficient (Wildman–Crippen LogP) is 0.562. The molecule has 1 aliphatic carbocycles. The molecule has 0 aromatic carbocycles. The molecule has 0 aromatic rings. The average Bonchev–Trinajstić information content (AvgIpc) is 3.04. The second kappa shape index (κ2) is 6.01. The summed E-state index contributed by atoms with van der Waals surface area (Å²) in [6.45, 7) is 0.465. The van der Waals surface area contributed by atoms with Gasteiger partial charge in [0.05, 0.1) is 0 Å². The number of hydrogen-bond donors (Lipinski definition) is 3. The van der Waals surface area contributed by atoms with Crippen LogP contribution in [0.3, 0.4) is 0 Å². The van der Waals surface area contributed by atoms with Gasteiger partial charge in [0.25, 0.3) is 0 Å². The first-order chi connectivity index (χ1) is 7.65. The third-order valence-corrected chi connectivity index (χ3v) is 2.43. The molecule has 3 N–H and O–H groups in total. The Morgan fingerprint density at radius 2 is 2.19 bits per heavy atom. The van der Waals surface area contributed by atoms with Gasteiger partial charge in [-0.3, -0.25) is 0 Å². The van der Waals surface area contributed by atoms with Crippen LogP contribution in [0.15, 0.2) is 0 Å². The van der Waals surface area contributed by atoms with Crippen molar-refractivity contribution in [3.8, 4) is 12.3 Å². The van der Waals surface area contributed by atoms with Crippen molar-refractivity contribution in [3.05, 3.63) is 0 Å². The predicted molar refractivity (Wildman–Crippen MR) is 58.7 cm³/mol. The standard InChI is InChI=1S/C11H16N2O3/c1-2-3-4-7-12-11(16)13-9(10(14)15)8-5-6-8/h1,8-9H,3-7H2,(H,14,15)(H2,12,13,16). The summed E-state index contributed by atoms with van der Waals surface area (Å²) in [4.78, 5) is 22.1. The van der Waals surface area contributed by atoms with E-state index in [0.717, 1.165) is 12.8 Å². The molecule has 1 rings (SSSR count). The van der Waals surface area contributed by atoms with Crippen LogP contribution < -0.4 is 10.6 Å². The molecule has 2 amide bonds. The van der Waals surface area contributed by atoms with E-state index in [9.17, 15) is 9.59 Å². The first-order valence-corrected chi connectivity index (χ1v) is 5.35. The maximum atomic E-state index is 11.3. The molecule has 0 bridgehead atoms. The molecule has 1 fully saturated rings. The van der Waals surface area contributed by atoms with Crippen LogP contribution in [0.1, 0.15) is 25.7 Å². The molecular formula is C11H16N2O3. The van der Waals surface area contributed by atoms with E-state index in [0.29, 0.717) is 19.4 Å². The van der Waals surface area contributed by atoms with Gasteiger partial charge < -0.3 is 15.7 Å². The Morgan fingerprint density at radius 3 is 2.69 bits per heavy atom. The summed E-state index contributed by atoms with van der Waals surface area (Å²) in [5.74, 6) is 1.58. The van der Waals surface area contributed by atoms with E-state index in [4.69, 9.17) is 11.5 Å². The smallest absolute Gasteiger partial charge is 0.326 e. The van der Waals surface area contributed by atoms with Gasteiger partial charge >= 0.3 is 12.0 Å². The lowest BCUT2D eigenvalue weighted by atomic mass is 10.2. The van der Waals surface area contributed by atoms with E-state index in [-0.39, 0.29) is 5.92 Å². The number of urea groups is 1. The summed E-state index contributed by atoms with van der Waals surface area (Å²) >= 11 is 0. The fourth-order valence-electron chi connectivity index (χ4n) is 1.40. The number of hydrogen-bond acceptors (Lipinski definition) is 2. The summed E-state index contributed by atoms with van der Waals surface area (Å²) in [6.07, 6.45) is 8.10. The van der Waals surface area contributed by atoms with Crippen molar-refractivity contribution in [2.45, 2.75) is 31.7 Å². The van der Waals surface area contributed by atoms with Gasteiger partial charge in [-0.2, -0.15) is 0 Å². The number of carboxylic acid groups (broad SMARTS) is 1. The Hall–Kier alpha value is -1.70. The molecule has 1 unspecified atom stereocenters. The van der Waals surface area contributed by atoms with Gasteiger partial charge in [0.2, 0.25) is 0 Å². The van der Waals surface area contributed by atoms with Crippen LogP contribution >= 0.6 is 0 Å². The Kier molecular flexibility index (Phi) is 4.65. The highest BCUT2D eigenvalue weighted by Crippen LogP contribution is 2.32. The number of nitrogens with one attached hydrogen (secondary N) is 2. The normalized spacial score (nSPS) is 15.9. The van der Waals surface area contributed by atoms with Crippen molar-refractivity contribution >= 4 is 12.0 Å². The zero-order valence-corrected chi connectivity index (χ0v) is 9.03. The molecule has 0 spiro atoms. The van der Waals surface area contributed by atoms with Crippen LogP contribution in [-0.2, 0) is 4.79 Å². The molecule has 5 heteroatoms. The molecule has 5 nitrogen and oxygen atoms in total. The van der Waals surface area contributed by atoms with Crippen molar-refractivity contribution in [2.24, 2.45) is 5.92 Å². The van der Waals surface area contributed by atoms with Gasteiger partial charge in [-0.15, -0.1) is 12.3 Å². The summed E-state index contributed by atoms with van der Waals surface area (Å²) in [7, 11) is 0. The van der Waals surface area contributed by atoms with Crippen LogP contribution in [0.2, 0.25) is 0 Å². The summed E-state index contributed by atoms with van der Waals surface area (Å²) in [6, 6.07) is -1.19. The van der Waals surface area contributed by atoms with Gasteiger partial charge in [0, 0.05) is 13.0 Å². The largest absolute Gasteiger partial charge is 0.480 e. The molecule has 1 atom stereocenters. The van der Waals surface area contributed by atoms with E-state index in [1.807, 2.05) is 0 Å². The number of rotatable bonds is 6. The highest BCUT2D eigenvalue weighted by atomic mass is 16.4. The molecule has 0 saturated heterocycles. The van der Waals surface area contributed by atoms with Gasteiger partial charge in [0.1, 0.15) is 6.04 Å². The summed E-state index contributed by atoms with van der Waals surface area (Å²) < 4.78 is 0. The third kappa shape index (κ3) is 4.22. The second-order valence-electron chi connectivity index (χ2n) is 3.86. The van der Waals surface area contributed by atoms with Crippen LogP contribution in [0.25, 0.3) is 0 Å². The molecule has 0 radical (unpaired) electrons. The van der Waals surface area contributed by atoms with Gasteiger partial charge in [-0.05, 0) is 25.2 Å². The zero-order valence-electron chi connectivity index (χ0n) is 9.03. The number of carbonyl (C=O) groups excluding carboxylic acids is 1. The van der Waals surface area contributed by atoms with Crippen molar-refractivity contribution < 1.29 is 14.7 Å². The van der Waals surface area contributed by atoms with E-state index >= 15 is 0 Å². The molecule has 0 aromatic heterocycles. The maximum absolute atomic E-state index is 11.3. The van der Waals surface area contributed by atoms with Crippen LogP contribution in [0, 0.1) is 18.3 Å². The first kappa shape index (κ1) is 12.4. The van der Waals surface area contributed by atoms with Crippen molar-refractivity contribution in [1.29, 1.82) is 0 Å². The van der Waals surface area contributed by atoms with Gasteiger partial charge in [0.15, 0.2) is 0 Å². The van der Waals surface area contributed by atoms with Crippen LogP contribution in [0.4, 0.5) is 4.79 Å². The average molecular weight is 224 g/mol. The van der Waals surface area contributed by atoms with Crippen molar-refractivity contribution in [1.82, 2.24) is 10.6 Å². The number of aliphatic carboxylic acids is 1. The lowest BCUT2D eigenvalue weighted by Crippen LogP contribution is -2.47. The minimum atomic E-state index is -0.971. The number of unbranched alkanes of at least 4 members (excludes halogenated alkanes) is 1. The molecule has 16 heavy (non-hydrogen) atoms. The summed E-state index contributed by atoms with van der Waals surface area (Å²) in [5, 5.41) is 13.9. The van der Waals surface area contributed by atoms with Gasteiger partial charge in [-0.1, -0.05) is 0 Å². The van der Waals surface area contributed by atoms with Crippen LogP contribution in [0.5, 0.6) is 0 Å². The SMILES string of the molecule is C#CCCCNC(=O)NC(C(=O)O)C1CC1. The Balaban J connectivity index is 2.21. The van der Waals surface area contributed by atoms with E-state index in [1.54, 1.807) is 0 Å². The second-order valence-corrected chi connectivity index (χ2v) is 3.86. The highest BCUT2D eigenvalue weighted by Gasteiger charge is 2.37. The zero-order chi connectivity index (χ0) is 12.0. The van der Waals surface area contributed by atoms with Gasteiger partial charge in [-0.25, -0.2) is 9.59 Å². The maximum Gasteiger partial charge on any atom is 0.326 e. The lowest BCUT2D eigenvalue weighted by Gasteiger charge is -2.13. The quantitative estimate of drug-likeness (QED) is 0.455. The third-order valence-electron chi connectivity index (χ3n) is 2.43. The Bertz CT molecular complexity index is 305. The van der Waals surface area contributed by atoms with Crippen molar-refractivity contribution in [3.63, 3.8) is 0 Å². The fourth-order valence-corrected chi connectivity index (χ4v) is 1.40. The topological polar surface area (TPSA) is 78.4 Å². The van der Waals surface area contributed by atoms with E-state index < -0.39 is 18.0 Å². The van der Waals surface area contributed by atoms with Crippen LogP contribution in [-0.4, -0.2) is 29.7 Å². The monoisotopic (exact) mass is 224 g/mol. The number of terminal acetylenes is 1. The summed E-state index contributed by atoms with van der Waals surface area (Å²) in [5.41, 5.74) is 0. The van der Waals surface area contributed by atoms with E-state index in [2.05, 4.69) is 16.6 Å².